The lowest BCUT2D eigenvalue weighted by Gasteiger charge is -1.93. The third kappa shape index (κ3) is 0.561. The van der Waals surface area contributed by atoms with Gasteiger partial charge in [0.1, 0.15) is 11.3 Å². The maximum absolute atomic E-state index is 5.46. The molecule has 0 aromatic carbocycles. The van der Waals surface area contributed by atoms with Crippen molar-refractivity contribution in [1.82, 2.24) is 19.7 Å². The summed E-state index contributed by atoms with van der Waals surface area (Å²) in [6, 6.07) is 1.61. The van der Waals surface area contributed by atoms with Gasteiger partial charge in [0.15, 0.2) is 5.82 Å². The monoisotopic (exact) mass is 153 g/mol. The lowest BCUT2D eigenvalue weighted by atomic mass is 10.5. The zero-order chi connectivity index (χ0) is 8.01. The third-order valence-corrected chi connectivity index (χ3v) is 1.47. The van der Waals surface area contributed by atoms with Gasteiger partial charge in [-0.15, -0.1) is 9.73 Å². The molecular weight excluding hydrogens is 146 g/mol. The van der Waals surface area contributed by atoms with Crippen LogP contribution in [0.25, 0.3) is 5.52 Å². The van der Waals surface area contributed by atoms with Gasteiger partial charge in [0.25, 0.3) is 0 Å². The topological polar surface area (TPSA) is 113 Å². The Morgan fingerprint density at radius 1 is 1.36 bits per heavy atom. The Labute approximate surface area is 61.3 Å². The van der Waals surface area contributed by atoms with E-state index >= 15 is 0 Å². The Bertz CT molecular complexity index is 396. The fourth-order valence-corrected chi connectivity index (χ4v) is 0.899. The lowest BCUT2D eigenvalue weighted by Crippen LogP contribution is -2.18. The van der Waals surface area contributed by atoms with E-state index < -0.39 is 0 Å². The molecule has 0 amide bonds. The second-order valence-corrected chi connectivity index (χ2v) is 2.16. The zero-order valence-electron chi connectivity index (χ0n) is 5.60. The van der Waals surface area contributed by atoms with E-state index in [4.69, 9.17) is 17.3 Å². The molecule has 58 valence electrons. The molecule has 7 nitrogen and oxygen atoms in total. The highest BCUT2D eigenvalue weighted by atomic mass is 15.7. The van der Waals surface area contributed by atoms with Gasteiger partial charge in [-0.3, -0.25) is 0 Å². The summed E-state index contributed by atoms with van der Waals surface area (Å²) in [5, 5.41) is 7.23. The quantitative estimate of drug-likeness (QED) is 0.395. The first kappa shape index (κ1) is 5.83. The Morgan fingerprint density at radius 2 is 2.09 bits per heavy atom. The van der Waals surface area contributed by atoms with Crippen LogP contribution in [-0.2, 0) is 0 Å². The average Bonchev–Trinajstić information content (AvgIpc) is 2.43. The number of hydrogen-bond acceptors (Lipinski definition) is 5. The molecule has 0 aliphatic carbocycles. The van der Waals surface area contributed by atoms with Crippen LogP contribution in [0.2, 0.25) is 0 Å². The first-order valence-electron chi connectivity index (χ1n) is 2.93. The van der Waals surface area contributed by atoms with Gasteiger partial charge < -0.3 is 17.3 Å². The Balaban J connectivity index is 2.93. The minimum absolute atomic E-state index is 0.320. The minimum atomic E-state index is 0.320. The molecule has 7 heteroatoms. The standard InChI is InChI=1S/C4H7N7/c5-3-1-2-4(6)8-9-11(2)10(3)7/h1H,5-7H2. The van der Waals surface area contributed by atoms with Crippen molar-refractivity contribution < 1.29 is 0 Å². The Morgan fingerprint density at radius 3 is 2.73 bits per heavy atom. The minimum Gasteiger partial charge on any atom is -0.382 e. The Hall–Kier alpha value is -1.92. The van der Waals surface area contributed by atoms with Gasteiger partial charge in [0, 0.05) is 6.07 Å². The van der Waals surface area contributed by atoms with Gasteiger partial charge in [-0.25, -0.2) is 0 Å². The van der Waals surface area contributed by atoms with Crippen molar-refractivity contribution in [3.8, 4) is 0 Å². The maximum Gasteiger partial charge on any atom is 0.175 e. The summed E-state index contributed by atoms with van der Waals surface area (Å²) in [5.74, 6) is 6.16. The molecule has 0 fully saturated rings. The van der Waals surface area contributed by atoms with Gasteiger partial charge in [-0.1, -0.05) is 0 Å². The van der Waals surface area contributed by atoms with E-state index in [9.17, 15) is 0 Å². The van der Waals surface area contributed by atoms with Crippen LogP contribution >= 0.6 is 0 Å². The van der Waals surface area contributed by atoms with Gasteiger partial charge >= 0.3 is 0 Å². The summed E-state index contributed by atoms with van der Waals surface area (Å²) < 4.78 is 1.32. The molecule has 2 aromatic rings. The van der Waals surface area contributed by atoms with Crippen molar-refractivity contribution in [3.05, 3.63) is 6.07 Å². The molecule has 0 radical (unpaired) electrons. The molecule has 0 atom stereocenters. The molecule has 11 heavy (non-hydrogen) atoms. The highest BCUT2D eigenvalue weighted by molar-refractivity contribution is 5.68. The van der Waals surface area contributed by atoms with E-state index in [1.807, 2.05) is 0 Å². The summed E-state index contributed by atoms with van der Waals surface area (Å²) in [6.07, 6.45) is 0. The number of aromatic nitrogens is 4. The fraction of sp³-hybridized carbons (Fsp3) is 0. The molecule has 0 aliphatic heterocycles. The maximum atomic E-state index is 5.46. The van der Waals surface area contributed by atoms with E-state index in [-0.39, 0.29) is 0 Å². The van der Waals surface area contributed by atoms with Crippen LogP contribution in [0.15, 0.2) is 6.07 Å². The van der Waals surface area contributed by atoms with E-state index in [0.717, 1.165) is 0 Å². The molecule has 0 bridgehead atoms. The summed E-state index contributed by atoms with van der Waals surface area (Å²) in [4.78, 5) is 1.17. The molecule has 0 saturated heterocycles. The second-order valence-electron chi connectivity index (χ2n) is 2.16. The molecule has 2 heterocycles. The van der Waals surface area contributed by atoms with Gasteiger partial charge in [-0.2, -0.15) is 4.79 Å². The average molecular weight is 153 g/mol. The summed E-state index contributed by atoms with van der Waals surface area (Å²) in [7, 11) is 0. The molecule has 0 unspecified atom stereocenters. The normalized spacial score (nSPS) is 10.9. The molecule has 6 N–H and O–H groups in total. The first-order valence-corrected chi connectivity index (χ1v) is 2.93. The fourth-order valence-electron chi connectivity index (χ4n) is 0.899. The SMILES string of the molecule is Nc1nnn2c1cc(N)n2N. The first-order chi connectivity index (χ1) is 5.20. The second kappa shape index (κ2) is 1.57. The van der Waals surface area contributed by atoms with Crippen molar-refractivity contribution in [1.29, 1.82) is 0 Å². The molecule has 0 spiro atoms. The number of rotatable bonds is 0. The summed E-state index contributed by atoms with van der Waals surface area (Å²) >= 11 is 0. The number of nitrogen functional groups attached to an aromatic ring is 3. The van der Waals surface area contributed by atoms with Gasteiger partial charge in [0.05, 0.1) is 0 Å². The largest absolute Gasteiger partial charge is 0.382 e. The third-order valence-electron chi connectivity index (χ3n) is 1.47. The molecular formula is C4H7N7. The smallest absolute Gasteiger partial charge is 0.175 e. The predicted molar refractivity (Wildman–Crippen MR) is 40.0 cm³/mol. The van der Waals surface area contributed by atoms with Crippen LogP contribution in [0.5, 0.6) is 0 Å². The van der Waals surface area contributed by atoms with E-state index in [0.29, 0.717) is 17.2 Å². The highest BCUT2D eigenvalue weighted by Gasteiger charge is 2.07. The van der Waals surface area contributed by atoms with Crippen molar-refractivity contribution in [2.75, 3.05) is 17.3 Å². The lowest BCUT2D eigenvalue weighted by molar-refractivity contribution is 0.651. The van der Waals surface area contributed by atoms with Crippen molar-refractivity contribution in [3.63, 3.8) is 0 Å². The van der Waals surface area contributed by atoms with Crippen LogP contribution in [-0.4, -0.2) is 19.7 Å². The molecule has 0 aliphatic rings. The van der Waals surface area contributed by atoms with Gasteiger partial charge in [-0.05, 0) is 5.21 Å². The molecule has 2 aromatic heterocycles. The number of fused-ring (bicyclic) bond motifs is 1. The van der Waals surface area contributed by atoms with Crippen LogP contribution in [0.4, 0.5) is 11.6 Å². The van der Waals surface area contributed by atoms with Gasteiger partial charge in [0.2, 0.25) is 0 Å². The van der Waals surface area contributed by atoms with Crippen LogP contribution in [0.1, 0.15) is 0 Å². The van der Waals surface area contributed by atoms with E-state index in [1.165, 1.54) is 9.42 Å². The van der Waals surface area contributed by atoms with Crippen LogP contribution < -0.4 is 17.3 Å². The van der Waals surface area contributed by atoms with Crippen LogP contribution in [0, 0.1) is 0 Å². The highest BCUT2D eigenvalue weighted by Crippen LogP contribution is 2.12. The van der Waals surface area contributed by atoms with Crippen molar-refractivity contribution >= 4 is 17.2 Å². The summed E-state index contributed by atoms with van der Waals surface area (Å²) in [6.45, 7) is 0. The zero-order valence-corrected chi connectivity index (χ0v) is 5.60. The molecule has 2 rings (SSSR count). The van der Waals surface area contributed by atoms with Crippen molar-refractivity contribution in [2.24, 2.45) is 0 Å². The number of hydrogen-bond donors (Lipinski definition) is 3. The summed E-state index contributed by atoms with van der Waals surface area (Å²) in [5.41, 5.74) is 11.5. The number of nitrogens with two attached hydrogens (primary N) is 3. The Kier molecular flexibility index (Phi) is 0.831. The van der Waals surface area contributed by atoms with E-state index in [2.05, 4.69) is 10.3 Å². The van der Waals surface area contributed by atoms with Crippen molar-refractivity contribution in [2.45, 2.75) is 0 Å². The number of anilines is 2. The predicted octanol–water partition coefficient (Wildman–Crippen LogP) is -1.59. The molecule has 0 saturated carbocycles. The van der Waals surface area contributed by atoms with E-state index in [1.54, 1.807) is 6.07 Å². The van der Waals surface area contributed by atoms with Crippen LogP contribution in [0.3, 0.4) is 0 Å². The number of nitrogens with zero attached hydrogens (tertiary/aromatic N) is 4.